The zero-order valence-electron chi connectivity index (χ0n) is 16.5. The van der Waals surface area contributed by atoms with Crippen LogP contribution in [-0.2, 0) is 4.79 Å². The molecule has 0 radical (unpaired) electrons. The van der Waals surface area contributed by atoms with E-state index in [1.165, 1.54) is 11.8 Å². The fraction of sp³-hybridized carbons (Fsp3) is 0.300. The molecule has 2 aromatic heterocycles. The molecule has 0 saturated heterocycles. The van der Waals surface area contributed by atoms with E-state index in [-0.39, 0.29) is 16.7 Å². The zero-order chi connectivity index (χ0) is 21.2. The van der Waals surface area contributed by atoms with Crippen LogP contribution in [0.4, 0.5) is 0 Å². The number of aromatic nitrogens is 4. The number of hydrogen-bond donors (Lipinski definition) is 1. The van der Waals surface area contributed by atoms with Gasteiger partial charge in [0.15, 0.2) is 11.0 Å². The number of nitrogens with zero attached hydrogens (tertiary/aromatic N) is 4. The molecule has 2 heterocycles. The monoisotopic (exact) mass is 449 g/mol. The maximum absolute atomic E-state index is 12.5. The molecule has 1 N–H and O–H groups in total. The average molecular weight is 450 g/mol. The van der Waals surface area contributed by atoms with Gasteiger partial charge in [-0.05, 0) is 58.0 Å². The normalized spacial score (nSPS) is 12.6. The van der Waals surface area contributed by atoms with Gasteiger partial charge in [-0.2, -0.15) is 0 Å². The van der Waals surface area contributed by atoms with E-state index in [0.29, 0.717) is 21.0 Å². The molecule has 3 aromatic rings. The lowest BCUT2D eigenvalue weighted by Gasteiger charge is -2.23. The van der Waals surface area contributed by atoms with E-state index in [2.05, 4.69) is 20.5 Å². The van der Waals surface area contributed by atoms with E-state index in [1.807, 2.05) is 50.5 Å². The predicted molar refractivity (Wildman–Crippen MR) is 118 cm³/mol. The Labute approximate surface area is 184 Å². The van der Waals surface area contributed by atoms with Crippen LogP contribution in [0.5, 0.6) is 0 Å². The lowest BCUT2D eigenvalue weighted by molar-refractivity contribution is -0.121. The molecule has 1 aromatic carbocycles. The Morgan fingerprint density at radius 1 is 1.17 bits per heavy atom. The van der Waals surface area contributed by atoms with Gasteiger partial charge in [-0.1, -0.05) is 35.0 Å². The second-order valence-electron chi connectivity index (χ2n) is 7.48. The van der Waals surface area contributed by atoms with Crippen molar-refractivity contribution < 1.29 is 4.79 Å². The average Bonchev–Trinajstić information content (AvgIpc) is 3.07. The Hall–Kier alpha value is -2.09. The van der Waals surface area contributed by atoms with Crippen molar-refractivity contribution in [3.63, 3.8) is 0 Å². The van der Waals surface area contributed by atoms with Crippen LogP contribution in [0.2, 0.25) is 10.0 Å². The van der Waals surface area contributed by atoms with Crippen LogP contribution in [0.3, 0.4) is 0 Å². The molecule has 29 heavy (non-hydrogen) atoms. The number of nitrogens with one attached hydrogen (secondary N) is 1. The van der Waals surface area contributed by atoms with Crippen LogP contribution in [0.15, 0.2) is 47.9 Å². The molecule has 0 aliphatic heterocycles. The van der Waals surface area contributed by atoms with Crippen LogP contribution >= 0.6 is 35.0 Å². The maximum Gasteiger partial charge on any atom is 0.233 e. The third-order valence-corrected chi connectivity index (χ3v) is 5.65. The van der Waals surface area contributed by atoms with Crippen molar-refractivity contribution in [2.24, 2.45) is 0 Å². The summed E-state index contributed by atoms with van der Waals surface area (Å²) in [4.78, 5) is 16.7. The first-order chi connectivity index (χ1) is 13.7. The smallest absolute Gasteiger partial charge is 0.233 e. The number of rotatable bonds is 5. The van der Waals surface area contributed by atoms with Crippen molar-refractivity contribution in [3.8, 4) is 17.1 Å². The number of pyridine rings is 1. The minimum Gasteiger partial charge on any atom is -0.351 e. The van der Waals surface area contributed by atoms with E-state index in [4.69, 9.17) is 23.2 Å². The van der Waals surface area contributed by atoms with Gasteiger partial charge < -0.3 is 5.32 Å². The first-order valence-electron chi connectivity index (χ1n) is 8.95. The molecule has 152 valence electrons. The van der Waals surface area contributed by atoms with Gasteiger partial charge in [0.25, 0.3) is 0 Å². The first-order valence-corrected chi connectivity index (χ1v) is 10.6. The highest BCUT2D eigenvalue weighted by molar-refractivity contribution is 8.00. The Morgan fingerprint density at radius 3 is 2.55 bits per heavy atom. The molecule has 6 nitrogen and oxygen atoms in total. The van der Waals surface area contributed by atoms with Gasteiger partial charge >= 0.3 is 0 Å². The van der Waals surface area contributed by atoms with Gasteiger partial charge in [0.05, 0.1) is 21.0 Å². The van der Waals surface area contributed by atoms with Gasteiger partial charge in [-0.3, -0.25) is 14.3 Å². The molecule has 0 aliphatic rings. The highest BCUT2D eigenvalue weighted by Gasteiger charge is 2.24. The third-order valence-electron chi connectivity index (χ3n) is 3.86. The predicted octanol–water partition coefficient (Wildman–Crippen LogP) is 5.03. The summed E-state index contributed by atoms with van der Waals surface area (Å²) >= 11 is 13.6. The Kier molecular flexibility index (Phi) is 6.51. The standard InChI is InChI=1S/C20H21Cl2N5OS/c1-12(18(28)24-20(2,3)4)29-19-26-25-17(13-6-5-9-23-11-13)27(19)14-7-8-15(21)16(22)10-14/h5-12H,1-4H3,(H,24,28). The summed E-state index contributed by atoms with van der Waals surface area (Å²) in [6.07, 6.45) is 3.40. The zero-order valence-corrected chi connectivity index (χ0v) is 18.8. The summed E-state index contributed by atoms with van der Waals surface area (Å²) in [6, 6.07) is 9.03. The van der Waals surface area contributed by atoms with Gasteiger partial charge in [0.1, 0.15) is 0 Å². The van der Waals surface area contributed by atoms with E-state index in [9.17, 15) is 4.79 Å². The van der Waals surface area contributed by atoms with Crippen molar-refractivity contribution in [1.29, 1.82) is 0 Å². The molecule has 1 unspecified atom stereocenters. The molecule has 1 atom stereocenters. The molecule has 3 rings (SSSR count). The van der Waals surface area contributed by atoms with E-state index >= 15 is 0 Å². The third kappa shape index (κ3) is 5.29. The summed E-state index contributed by atoms with van der Waals surface area (Å²) in [5, 5.41) is 12.7. The SMILES string of the molecule is CC(Sc1nnc(-c2cccnc2)n1-c1ccc(Cl)c(Cl)c1)C(=O)NC(C)(C)C. The molecule has 0 aliphatic carbocycles. The van der Waals surface area contributed by atoms with Crippen molar-refractivity contribution in [3.05, 3.63) is 52.8 Å². The molecule has 9 heteroatoms. The van der Waals surface area contributed by atoms with E-state index in [0.717, 1.165) is 11.3 Å². The molecule has 0 fully saturated rings. The van der Waals surface area contributed by atoms with Crippen molar-refractivity contribution >= 4 is 40.9 Å². The van der Waals surface area contributed by atoms with Crippen LogP contribution in [-0.4, -0.2) is 36.4 Å². The Balaban J connectivity index is 2.02. The largest absolute Gasteiger partial charge is 0.351 e. The fourth-order valence-electron chi connectivity index (χ4n) is 2.57. The van der Waals surface area contributed by atoms with Gasteiger partial charge in [0.2, 0.25) is 5.91 Å². The van der Waals surface area contributed by atoms with Gasteiger partial charge in [0, 0.05) is 23.5 Å². The number of carbonyl (C=O) groups excluding carboxylic acids is 1. The summed E-state index contributed by atoms with van der Waals surface area (Å²) in [7, 11) is 0. The minimum atomic E-state index is -0.373. The molecule has 0 spiro atoms. The van der Waals surface area contributed by atoms with Crippen LogP contribution in [0, 0.1) is 0 Å². The van der Waals surface area contributed by atoms with Gasteiger partial charge in [-0.25, -0.2) is 0 Å². The number of thioether (sulfide) groups is 1. The topological polar surface area (TPSA) is 72.7 Å². The second-order valence-corrected chi connectivity index (χ2v) is 9.60. The van der Waals surface area contributed by atoms with Crippen LogP contribution in [0.1, 0.15) is 27.7 Å². The molecular weight excluding hydrogens is 429 g/mol. The van der Waals surface area contributed by atoms with E-state index < -0.39 is 0 Å². The molecule has 1 amide bonds. The number of hydrogen-bond acceptors (Lipinski definition) is 5. The molecular formula is C20H21Cl2N5OS. The molecule has 0 bridgehead atoms. The summed E-state index contributed by atoms with van der Waals surface area (Å²) in [5.74, 6) is 0.525. The quantitative estimate of drug-likeness (QED) is 0.552. The fourth-order valence-corrected chi connectivity index (χ4v) is 3.73. The summed E-state index contributed by atoms with van der Waals surface area (Å²) in [6.45, 7) is 7.67. The van der Waals surface area contributed by atoms with Crippen molar-refractivity contribution in [2.75, 3.05) is 0 Å². The number of halogens is 2. The lowest BCUT2D eigenvalue weighted by atomic mass is 10.1. The Bertz CT molecular complexity index is 1020. The number of carbonyl (C=O) groups is 1. The Morgan fingerprint density at radius 2 is 1.93 bits per heavy atom. The summed E-state index contributed by atoms with van der Waals surface area (Å²) < 4.78 is 1.85. The highest BCUT2D eigenvalue weighted by atomic mass is 35.5. The summed E-state index contributed by atoms with van der Waals surface area (Å²) in [5.41, 5.74) is 1.23. The van der Waals surface area contributed by atoms with Crippen molar-refractivity contribution in [2.45, 2.75) is 43.6 Å². The maximum atomic E-state index is 12.5. The second kappa shape index (κ2) is 8.73. The van der Waals surface area contributed by atoms with E-state index in [1.54, 1.807) is 24.5 Å². The van der Waals surface area contributed by atoms with Crippen molar-refractivity contribution in [1.82, 2.24) is 25.1 Å². The van der Waals surface area contributed by atoms with Gasteiger partial charge in [-0.15, -0.1) is 10.2 Å². The van der Waals surface area contributed by atoms with Crippen LogP contribution in [0.25, 0.3) is 17.1 Å². The highest BCUT2D eigenvalue weighted by Crippen LogP contribution is 2.32. The number of benzene rings is 1. The lowest BCUT2D eigenvalue weighted by Crippen LogP contribution is -2.44. The first kappa shape index (κ1) is 21.6. The number of amides is 1. The van der Waals surface area contributed by atoms with Crippen LogP contribution < -0.4 is 5.32 Å². The minimum absolute atomic E-state index is 0.0749. The molecule has 0 saturated carbocycles.